The number of hydrogen-bond acceptors (Lipinski definition) is 8. The minimum atomic E-state index is -2.19. The summed E-state index contributed by atoms with van der Waals surface area (Å²) in [6, 6.07) is -0.938. The van der Waals surface area contributed by atoms with Crippen molar-refractivity contribution in [3.8, 4) is 0 Å². The highest BCUT2D eigenvalue weighted by Gasteiger charge is 2.92. The Labute approximate surface area is 230 Å². The van der Waals surface area contributed by atoms with E-state index < -0.39 is 59.9 Å². The van der Waals surface area contributed by atoms with Crippen LogP contribution in [0.4, 0.5) is 4.79 Å². The Kier molecular flexibility index (Phi) is 9.62. The number of quaternary nitrogens is 1. The summed E-state index contributed by atoms with van der Waals surface area (Å²) in [5, 5.41) is 0. The normalized spacial score (nSPS) is 27.5. The number of ether oxygens (including phenoxy) is 3. The monoisotopic (exact) mass is 558 g/mol. The van der Waals surface area contributed by atoms with Gasteiger partial charge in [-0.15, -0.1) is 4.84 Å². The first-order valence-electron chi connectivity index (χ1n) is 14.0. The fraction of sp³-hybridized carbons (Fsp3) is 0.893. The van der Waals surface area contributed by atoms with Gasteiger partial charge in [0.25, 0.3) is 0 Å². The Hall–Kier alpha value is -1.49. The zero-order valence-electron chi connectivity index (χ0n) is 25.9. The SMILES string of the molecule is CC(=O)OC[C@H]1C[C@H](C(=O)OC(C)(C)C)[N+]2(C(=O)OC(C)(C)C)O[C@]12CCO[Si](C(C)C)(C(C)C)C(C)C. The first kappa shape index (κ1) is 32.7. The van der Waals surface area contributed by atoms with Crippen molar-refractivity contribution in [2.24, 2.45) is 5.92 Å². The van der Waals surface area contributed by atoms with Crippen LogP contribution in [-0.4, -0.2) is 67.2 Å². The van der Waals surface area contributed by atoms with E-state index in [0.29, 0.717) is 29.7 Å². The van der Waals surface area contributed by atoms with E-state index in [1.807, 2.05) is 0 Å². The fourth-order valence-electron chi connectivity index (χ4n) is 6.47. The van der Waals surface area contributed by atoms with Crippen molar-refractivity contribution in [3.05, 3.63) is 0 Å². The van der Waals surface area contributed by atoms with Gasteiger partial charge in [0, 0.05) is 20.0 Å². The van der Waals surface area contributed by atoms with Gasteiger partial charge in [0.1, 0.15) is 17.8 Å². The lowest BCUT2D eigenvalue weighted by Crippen LogP contribution is -2.52. The van der Waals surface area contributed by atoms with E-state index in [2.05, 4.69) is 41.5 Å². The molecule has 0 radical (unpaired) electrons. The molecule has 4 atom stereocenters. The average Bonchev–Trinajstić information content (AvgIpc) is 3.30. The second kappa shape index (κ2) is 11.2. The topological polar surface area (TPSA) is 101 Å². The number of hydroxylamine groups is 3. The Morgan fingerprint density at radius 2 is 1.42 bits per heavy atom. The molecule has 2 fully saturated rings. The molecule has 2 aliphatic heterocycles. The molecule has 10 heteroatoms. The van der Waals surface area contributed by atoms with E-state index in [0.717, 1.165) is 0 Å². The number of rotatable bonds is 10. The molecule has 2 saturated heterocycles. The predicted octanol–water partition coefficient (Wildman–Crippen LogP) is 6.26. The average molecular weight is 559 g/mol. The Balaban J connectivity index is 2.49. The lowest BCUT2D eigenvalue weighted by molar-refractivity contribution is -0.869. The molecule has 0 aromatic carbocycles. The third kappa shape index (κ3) is 6.29. The molecule has 0 spiro atoms. The Bertz CT molecular complexity index is 868. The number of carbonyl (C=O) groups is 3. The molecule has 2 heterocycles. The van der Waals surface area contributed by atoms with Crippen LogP contribution >= 0.6 is 0 Å². The molecule has 0 bridgehead atoms. The maximum atomic E-state index is 13.8. The van der Waals surface area contributed by atoms with Crippen molar-refractivity contribution in [2.75, 3.05) is 13.2 Å². The van der Waals surface area contributed by atoms with E-state index in [-0.39, 0.29) is 13.0 Å². The van der Waals surface area contributed by atoms with Crippen LogP contribution in [0.3, 0.4) is 0 Å². The molecule has 220 valence electrons. The summed E-state index contributed by atoms with van der Waals surface area (Å²) in [5.41, 5.74) is -1.48. The van der Waals surface area contributed by atoms with E-state index in [9.17, 15) is 14.4 Å². The highest BCUT2D eigenvalue weighted by Crippen LogP contribution is 2.63. The summed E-state index contributed by atoms with van der Waals surface area (Å²) in [6.45, 7) is 25.7. The summed E-state index contributed by atoms with van der Waals surface area (Å²) < 4.78 is 23.1. The highest BCUT2D eigenvalue weighted by atomic mass is 28.4. The minimum Gasteiger partial charge on any atom is -0.465 e. The van der Waals surface area contributed by atoms with Crippen LogP contribution in [0.15, 0.2) is 0 Å². The fourth-order valence-corrected chi connectivity index (χ4v) is 11.9. The van der Waals surface area contributed by atoms with Crippen LogP contribution in [0.2, 0.25) is 16.6 Å². The van der Waals surface area contributed by atoms with E-state index in [4.69, 9.17) is 23.5 Å². The summed E-state index contributed by atoms with van der Waals surface area (Å²) in [5.74, 6) is -1.38. The Morgan fingerprint density at radius 1 is 0.921 bits per heavy atom. The van der Waals surface area contributed by atoms with Crippen LogP contribution in [0.1, 0.15) is 103 Å². The smallest absolute Gasteiger partial charge is 0.465 e. The molecule has 38 heavy (non-hydrogen) atoms. The van der Waals surface area contributed by atoms with Crippen LogP contribution in [0, 0.1) is 5.92 Å². The standard InChI is InChI=1S/C28H52NO8Si/c1-18(2)38(19(3)4,20(5)6)34-15-14-28-22(17-33-21(7)30)16-23(24(31)35-26(8,9)10)29(28,37-28)25(32)36-27(11,12)13/h18-20,22-23H,14-17H2,1-13H3/q+1/t22-,23-,28-,29?/m1/s1. The van der Waals surface area contributed by atoms with Crippen molar-refractivity contribution in [3.63, 3.8) is 0 Å². The van der Waals surface area contributed by atoms with Gasteiger partial charge in [-0.1, -0.05) is 41.5 Å². The van der Waals surface area contributed by atoms with Gasteiger partial charge in [-0.25, -0.2) is 4.79 Å². The first-order valence-corrected chi connectivity index (χ1v) is 16.1. The minimum absolute atomic E-state index is 0.0263. The van der Waals surface area contributed by atoms with E-state index >= 15 is 0 Å². The molecule has 1 unspecified atom stereocenters. The molecule has 0 aromatic rings. The number of fused-ring (bicyclic) bond motifs is 1. The summed E-state index contributed by atoms with van der Waals surface area (Å²) in [6.07, 6.45) is -0.0141. The molecule has 1 amide bonds. The van der Waals surface area contributed by atoms with Gasteiger partial charge >= 0.3 is 23.8 Å². The molecule has 9 nitrogen and oxygen atoms in total. The molecule has 0 aliphatic carbocycles. The van der Waals surface area contributed by atoms with Crippen LogP contribution in [0.25, 0.3) is 0 Å². The van der Waals surface area contributed by atoms with Gasteiger partial charge in [0.15, 0.2) is 8.32 Å². The highest BCUT2D eigenvalue weighted by molar-refractivity contribution is 6.77. The largest absolute Gasteiger partial charge is 0.553 e. The lowest BCUT2D eigenvalue weighted by atomic mass is 9.95. The molecule has 0 saturated carbocycles. The van der Waals surface area contributed by atoms with Crippen molar-refractivity contribution in [1.29, 1.82) is 0 Å². The van der Waals surface area contributed by atoms with Gasteiger partial charge in [-0.2, -0.15) is 4.79 Å². The van der Waals surface area contributed by atoms with Crippen LogP contribution in [-0.2, 0) is 33.1 Å². The number of amides is 1. The van der Waals surface area contributed by atoms with Crippen molar-refractivity contribution >= 4 is 26.3 Å². The van der Waals surface area contributed by atoms with Gasteiger partial charge in [-0.05, 0) is 62.8 Å². The van der Waals surface area contributed by atoms with Crippen molar-refractivity contribution < 1.29 is 42.5 Å². The number of nitrogens with zero attached hydrogens (tertiary/aromatic N) is 1. The van der Waals surface area contributed by atoms with Gasteiger partial charge in [-0.3, -0.25) is 4.79 Å². The summed E-state index contributed by atoms with van der Waals surface area (Å²) in [4.78, 5) is 45.3. The zero-order chi connectivity index (χ0) is 29.5. The summed E-state index contributed by atoms with van der Waals surface area (Å²) in [7, 11) is -2.19. The van der Waals surface area contributed by atoms with E-state index in [1.165, 1.54) is 6.92 Å². The lowest BCUT2D eigenvalue weighted by Gasteiger charge is -2.42. The molecular formula is C28H52NO8Si+. The molecule has 2 aliphatic rings. The zero-order valence-corrected chi connectivity index (χ0v) is 26.9. The Morgan fingerprint density at radius 3 is 1.84 bits per heavy atom. The van der Waals surface area contributed by atoms with Gasteiger partial charge in [0.05, 0.1) is 12.3 Å². The van der Waals surface area contributed by atoms with Gasteiger partial charge in [0.2, 0.25) is 6.04 Å². The van der Waals surface area contributed by atoms with E-state index in [1.54, 1.807) is 41.5 Å². The second-order valence-corrected chi connectivity index (χ2v) is 19.2. The third-order valence-electron chi connectivity index (χ3n) is 7.77. The maximum absolute atomic E-state index is 13.8. The first-order chi connectivity index (χ1) is 17.2. The number of hydrogen-bond donors (Lipinski definition) is 0. The van der Waals surface area contributed by atoms with Crippen LogP contribution < -0.4 is 0 Å². The maximum Gasteiger partial charge on any atom is 0.553 e. The van der Waals surface area contributed by atoms with Crippen molar-refractivity contribution in [1.82, 2.24) is 0 Å². The summed E-state index contributed by atoms with van der Waals surface area (Å²) >= 11 is 0. The van der Waals surface area contributed by atoms with Crippen molar-refractivity contribution in [2.45, 2.75) is 142 Å². The molecule has 0 N–H and O–H groups in total. The number of carbonyl (C=O) groups excluding carboxylic acids is 3. The van der Waals surface area contributed by atoms with Crippen LogP contribution in [0.5, 0.6) is 0 Å². The third-order valence-corrected chi connectivity index (χ3v) is 13.9. The molecule has 0 aromatic heterocycles. The predicted molar refractivity (Wildman–Crippen MR) is 146 cm³/mol. The molecule has 2 rings (SSSR count). The van der Waals surface area contributed by atoms with Gasteiger partial charge < -0.3 is 18.6 Å². The quantitative estimate of drug-likeness (QED) is 0.102. The second-order valence-electron chi connectivity index (χ2n) is 13.8. The molecular weight excluding hydrogens is 506 g/mol. The number of esters is 2.